The standard InChI is InChI=1S/C12H13NO/c1-9-10(2)14-12(13-9)8-11-6-4-3-5-7-11/h3-7H,8H2,1-2H3. The Bertz CT molecular complexity index is 398. The van der Waals surface area contributed by atoms with Gasteiger partial charge >= 0.3 is 0 Å². The van der Waals surface area contributed by atoms with Gasteiger partial charge in [-0.3, -0.25) is 0 Å². The summed E-state index contributed by atoms with van der Waals surface area (Å²) in [6.45, 7) is 3.91. The molecular weight excluding hydrogens is 174 g/mol. The van der Waals surface area contributed by atoms with Gasteiger partial charge in [0.2, 0.25) is 0 Å². The van der Waals surface area contributed by atoms with Crippen LogP contribution < -0.4 is 0 Å². The molecule has 0 amide bonds. The lowest BCUT2D eigenvalue weighted by Gasteiger charge is -1.95. The van der Waals surface area contributed by atoms with E-state index in [1.807, 2.05) is 32.0 Å². The van der Waals surface area contributed by atoms with Crippen molar-refractivity contribution in [1.29, 1.82) is 0 Å². The number of nitrogens with zero attached hydrogens (tertiary/aromatic N) is 1. The molecule has 0 aliphatic carbocycles. The van der Waals surface area contributed by atoms with Gasteiger partial charge in [0, 0.05) is 6.42 Å². The molecule has 2 heteroatoms. The quantitative estimate of drug-likeness (QED) is 0.722. The van der Waals surface area contributed by atoms with Crippen LogP contribution in [-0.2, 0) is 6.42 Å². The molecule has 0 aliphatic rings. The van der Waals surface area contributed by atoms with E-state index in [9.17, 15) is 0 Å². The van der Waals surface area contributed by atoms with Crippen molar-refractivity contribution in [2.75, 3.05) is 0 Å². The Balaban J connectivity index is 2.19. The molecule has 0 radical (unpaired) electrons. The lowest BCUT2D eigenvalue weighted by Crippen LogP contribution is -1.87. The van der Waals surface area contributed by atoms with Gasteiger partial charge in [-0.2, -0.15) is 0 Å². The minimum absolute atomic E-state index is 0.773. The number of aryl methyl sites for hydroxylation is 2. The summed E-state index contributed by atoms with van der Waals surface area (Å²) in [5.41, 5.74) is 2.21. The van der Waals surface area contributed by atoms with Crippen molar-refractivity contribution in [2.45, 2.75) is 20.3 Å². The average Bonchev–Trinajstić information content (AvgIpc) is 2.47. The van der Waals surface area contributed by atoms with Gasteiger partial charge in [-0.25, -0.2) is 4.98 Å². The van der Waals surface area contributed by atoms with Gasteiger partial charge in [0.05, 0.1) is 5.69 Å². The summed E-state index contributed by atoms with van der Waals surface area (Å²) in [6.07, 6.45) is 0.773. The molecule has 0 atom stereocenters. The Labute approximate surface area is 83.6 Å². The highest BCUT2D eigenvalue weighted by Gasteiger charge is 2.05. The third kappa shape index (κ3) is 1.84. The van der Waals surface area contributed by atoms with Gasteiger partial charge in [-0.1, -0.05) is 30.3 Å². The summed E-state index contributed by atoms with van der Waals surface area (Å²) < 4.78 is 5.51. The van der Waals surface area contributed by atoms with Crippen molar-refractivity contribution in [2.24, 2.45) is 0 Å². The van der Waals surface area contributed by atoms with E-state index in [0.717, 1.165) is 23.8 Å². The maximum absolute atomic E-state index is 5.51. The van der Waals surface area contributed by atoms with E-state index < -0.39 is 0 Å². The summed E-state index contributed by atoms with van der Waals surface area (Å²) in [6, 6.07) is 10.2. The maximum Gasteiger partial charge on any atom is 0.199 e. The molecule has 0 aliphatic heterocycles. The number of aromatic nitrogens is 1. The predicted octanol–water partition coefficient (Wildman–Crippen LogP) is 2.88. The largest absolute Gasteiger partial charge is 0.445 e. The Hall–Kier alpha value is -1.57. The molecule has 1 heterocycles. The van der Waals surface area contributed by atoms with Crippen LogP contribution in [0.1, 0.15) is 22.9 Å². The van der Waals surface area contributed by atoms with E-state index >= 15 is 0 Å². The Morgan fingerprint density at radius 2 is 1.86 bits per heavy atom. The van der Waals surface area contributed by atoms with Crippen LogP contribution in [0, 0.1) is 13.8 Å². The molecule has 0 fully saturated rings. The topological polar surface area (TPSA) is 26.0 Å². The van der Waals surface area contributed by atoms with Crippen LogP contribution in [0.4, 0.5) is 0 Å². The second-order valence-corrected chi connectivity index (χ2v) is 3.41. The number of oxazole rings is 1. The SMILES string of the molecule is Cc1nc(Cc2ccccc2)oc1C. The highest BCUT2D eigenvalue weighted by molar-refractivity contribution is 5.19. The van der Waals surface area contributed by atoms with Gasteiger partial charge < -0.3 is 4.42 Å². The molecule has 0 bridgehead atoms. The molecule has 0 spiro atoms. The van der Waals surface area contributed by atoms with Gasteiger partial charge in [-0.05, 0) is 19.4 Å². The summed E-state index contributed by atoms with van der Waals surface area (Å²) in [4.78, 5) is 4.34. The average molecular weight is 187 g/mol. The van der Waals surface area contributed by atoms with E-state index in [1.165, 1.54) is 5.56 Å². The fraction of sp³-hybridized carbons (Fsp3) is 0.250. The first-order valence-corrected chi connectivity index (χ1v) is 4.72. The molecule has 14 heavy (non-hydrogen) atoms. The Morgan fingerprint density at radius 3 is 2.43 bits per heavy atom. The van der Waals surface area contributed by atoms with Crippen molar-refractivity contribution < 1.29 is 4.42 Å². The van der Waals surface area contributed by atoms with E-state index in [2.05, 4.69) is 17.1 Å². The summed E-state index contributed by atoms with van der Waals surface area (Å²) in [5, 5.41) is 0. The van der Waals surface area contributed by atoms with Crippen molar-refractivity contribution in [3.63, 3.8) is 0 Å². The minimum atomic E-state index is 0.773. The van der Waals surface area contributed by atoms with Crippen LogP contribution in [0.5, 0.6) is 0 Å². The first-order chi connectivity index (χ1) is 6.75. The van der Waals surface area contributed by atoms with Gasteiger partial charge in [0.25, 0.3) is 0 Å². The van der Waals surface area contributed by atoms with Crippen LogP contribution in [0.3, 0.4) is 0 Å². The highest BCUT2D eigenvalue weighted by Crippen LogP contribution is 2.12. The van der Waals surface area contributed by atoms with Crippen LogP contribution in [0.15, 0.2) is 34.7 Å². The number of rotatable bonds is 2. The highest BCUT2D eigenvalue weighted by atomic mass is 16.4. The zero-order valence-corrected chi connectivity index (χ0v) is 8.45. The number of benzene rings is 1. The van der Waals surface area contributed by atoms with Gasteiger partial charge in [0.15, 0.2) is 5.89 Å². The minimum Gasteiger partial charge on any atom is -0.445 e. The molecule has 2 rings (SSSR count). The molecule has 1 aromatic heterocycles. The lowest BCUT2D eigenvalue weighted by atomic mass is 10.1. The molecule has 0 saturated heterocycles. The zero-order valence-electron chi connectivity index (χ0n) is 8.45. The van der Waals surface area contributed by atoms with Crippen molar-refractivity contribution >= 4 is 0 Å². The normalized spacial score (nSPS) is 10.4. The van der Waals surface area contributed by atoms with Crippen molar-refractivity contribution in [1.82, 2.24) is 4.98 Å². The first-order valence-electron chi connectivity index (χ1n) is 4.72. The third-order valence-electron chi connectivity index (χ3n) is 2.27. The van der Waals surface area contributed by atoms with Crippen LogP contribution in [-0.4, -0.2) is 4.98 Å². The molecule has 0 saturated carbocycles. The van der Waals surface area contributed by atoms with E-state index in [-0.39, 0.29) is 0 Å². The first kappa shape index (κ1) is 9.00. The number of hydrogen-bond acceptors (Lipinski definition) is 2. The second kappa shape index (κ2) is 3.66. The summed E-state index contributed by atoms with van der Waals surface area (Å²) in [5.74, 6) is 1.71. The molecular formula is C12H13NO. The Kier molecular flexibility index (Phi) is 2.35. The van der Waals surface area contributed by atoms with Crippen LogP contribution >= 0.6 is 0 Å². The molecule has 2 nitrogen and oxygen atoms in total. The zero-order chi connectivity index (χ0) is 9.97. The third-order valence-corrected chi connectivity index (χ3v) is 2.27. The monoisotopic (exact) mass is 187 g/mol. The van der Waals surface area contributed by atoms with Crippen LogP contribution in [0.2, 0.25) is 0 Å². The molecule has 1 aromatic carbocycles. The van der Waals surface area contributed by atoms with Crippen LogP contribution in [0.25, 0.3) is 0 Å². The van der Waals surface area contributed by atoms with Crippen molar-refractivity contribution in [3.8, 4) is 0 Å². The molecule has 2 aromatic rings. The van der Waals surface area contributed by atoms with E-state index in [0.29, 0.717) is 0 Å². The molecule has 0 N–H and O–H groups in total. The lowest BCUT2D eigenvalue weighted by molar-refractivity contribution is 0.481. The van der Waals surface area contributed by atoms with Gasteiger partial charge in [-0.15, -0.1) is 0 Å². The summed E-state index contributed by atoms with van der Waals surface area (Å²) >= 11 is 0. The smallest absolute Gasteiger partial charge is 0.199 e. The predicted molar refractivity (Wildman–Crippen MR) is 55.2 cm³/mol. The molecule has 72 valence electrons. The van der Waals surface area contributed by atoms with E-state index in [4.69, 9.17) is 4.42 Å². The maximum atomic E-state index is 5.51. The second-order valence-electron chi connectivity index (χ2n) is 3.41. The Morgan fingerprint density at radius 1 is 1.14 bits per heavy atom. The van der Waals surface area contributed by atoms with Crippen molar-refractivity contribution in [3.05, 3.63) is 53.2 Å². The summed E-state index contributed by atoms with van der Waals surface area (Å²) in [7, 11) is 0. The number of hydrogen-bond donors (Lipinski definition) is 0. The van der Waals surface area contributed by atoms with Gasteiger partial charge in [0.1, 0.15) is 5.76 Å². The fourth-order valence-electron chi connectivity index (χ4n) is 1.39. The van der Waals surface area contributed by atoms with E-state index in [1.54, 1.807) is 0 Å². The molecule has 0 unspecified atom stereocenters. The fourth-order valence-corrected chi connectivity index (χ4v) is 1.39.